The van der Waals surface area contributed by atoms with Crippen LogP contribution >= 0.6 is 0 Å². The summed E-state index contributed by atoms with van der Waals surface area (Å²) in [6.07, 6.45) is 2.19. The van der Waals surface area contributed by atoms with Gasteiger partial charge in [0.05, 0.1) is 6.54 Å². The van der Waals surface area contributed by atoms with Crippen LogP contribution in [0.5, 0.6) is 0 Å². The highest BCUT2D eigenvalue weighted by Crippen LogP contribution is 2.14. The van der Waals surface area contributed by atoms with Crippen LogP contribution in [0.3, 0.4) is 0 Å². The zero-order chi connectivity index (χ0) is 23.7. The first-order chi connectivity index (χ1) is 15.8. The fourth-order valence-electron chi connectivity index (χ4n) is 3.98. The van der Waals surface area contributed by atoms with E-state index < -0.39 is 0 Å². The standard InChI is InChI=1S/C27H39N5O/c1-5-28-26(29-19-22-12-9-13-23(18-22)25(33)31-27(2,3)4)30-24-14-16-32(17-15-24)20-21-10-7-6-8-11-21/h6-13,18,24H,5,14-17,19-20H2,1-4H3,(H,31,33)(H2,28,29,30). The number of aliphatic imine (C=N–C) groups is 1. The van der Waals surface area contributed by atoms with Crippen molar-refractivity contribution < 1.29 is 4.79 Å². The maximum Gasteiger partial charge on any atom is 0.251 e. The SMILES string of the molecule is CCNC(=NCc1cccc(C(=O)NC(C)(C)C)c1)NC1CCN(Cc2ccccc2)CC1. The summed E-state index contributed by atoms with van der Waals surface area (Å²) >= 11 is 0. The van der Waals surface area contributed by atoms with Crippen molar-refractivity contribution in [3.63, 3.8) is 0 Å². The fraction of sp³-hybridized carbons (Fsp3) is 0.481. The molecule has 0 radical (unpaired) electrons. The Balaban J connectivity index is 1.53. The van der Waals surface area contributed by atoms with E-state index in [1.54, 1.807) is 0 Å². The van der Waals surface area contributed by atoms with Crippen LogP contribution < -0.4 is 16.0 Å². The lowest BCUT2D eigenvalue weighted by atomic mass is 10.0. The fourth-order valence-corrected chi connectivity index (χ4v) is 3.98. The summed E-state index contributed by atoms with van der Waals surface area (Å²) in [7, 11) is 0. The first-order valence-corrected chi connectivity index (χ1v) is 12.0. The van der Waals surface area contributed by atoms with Crippen LogP contribution in [0, 0.1) is 0 Å². The van der Waals surface area contributed by atoms with Crippen molar-refractivity contribution in [1.29, 1.82) is 0 Å². The van der Waals surface area contributed by atoms with Gasteiger partial charge in [-0.1, -0.05) is 42.5 Å². The van der Waals surface area contributed by atoms with Gasteiger partial charge in [0.25, 0.3) is 5.91 Å². The smallest absolute Gasteiger partial charge is 0.251 e. The second kappa shape index (κ2) is 11.8. The average molecular weight is 450 g/mol. The zero-order valence-electron chi connectivity index (χ0n) is 20.5. The Kier molecular flexibility index (Phi) is 8.89. The quantitative estimate of drug-likeness (QED) is 0.442. The summed E-state index contributed by atoms with van der Waals surface area (Å²) in [4.78, 5) is 19.8. The van der Waals surface area contributed by atoms with Gasteiger partial charge in [0.1, 0.15) is 0 Å². The molecule has 0 aliphatic carbocycles. The van der Waals surface area contributed by atoms with Crippen molar-refractivity contribution in [3.05, 3.63) is 71.3 Å². The van der Waals surface area contributed by atoms with Crippen LogP contribution in [0.4, 0.5) is 0 Å². The summed E-state index contributed by atoms with van der Waals surface area (Å²) < 4.78 is 0. The molecule has 1 amide bonds. The number of guanidine groups is 1. The summed E-state index contributed by atoms with van der Waals surface area (Å²) in [6.45, 7) is 12.6. The maximum atomic E-state index is 12.5. The van der Waals surface area contributed by atoms with Gasteiger partial charge in [0, 0.05) is 43.3 Å². The number of nitrogens with zero attached hydrogens (tertiary/aromatic N) is 2. The molecule has 0 bridgehead atoms. The van der Waals surface area contributed by atoms with Crippen LogP contribution in [-0.2, 0) is 13.1 Å². The molecule has 3 N–H and O–H groups in total. The van der Waals surface area contributed by atoms with E-state index in [4.69, 9.17) is 4.99 Å². The average Bonchev–Trinajstić information content (AvgIpc) is 2.79. The lowest BCUT2D eigenvalue weighted by molar-refractivity contribution is 0.0919. The van der Waals surface area contributed by atoms with Crippen molar-refractivity contribution in [2.45, 2.75) is 65.2 Å². The lowest BCUT2D eigenvalue weighted by Gasteiger charge is -2.33. The van der Waals surface area contributed by atoms with E-state index in [0.29, 0.717) is 18.2 Å². The van der Waals surface area contributed by atoms with E-state index in [-0.39, 0.29) is 11.4 Å². The highest BCUT2D eigenvalue weighted by molar-refractivity contribution is 5.94. The van der Waals surface area contributed by atoms with Crippen LogP contribution in [0.25, 0.3) is 0 Å². The summed E-state index contributed by atoms with van der Waals surface area (Å²) in [5.74, 6) is 0.782. The minimum atomic E-state index is -0.260. The molecule has 0 unspecified atom stereocenters. The molecular formula is C27H39N5O. The Morgan fingerprint density at radius 3 is 2.39 bits per heavy atom. The monoisotopic (exact) mass is 449 g/mol. The van der Waals surface area contributed by atoms with Crippen molar-refractivity contribution in [1.82, 2.24) is 20.9 Å². The molecule has 1 heterocycles. The molecule has 33 heavy (non-hydrogen) atoms. The molecule has 0 spiro atoms. The van der Waals surface area contributed by atoms with E-state index in [1.165, 1.54) is 5.56 Å². The number of amides is 1. The number of benzene rings is 2. The first-order valence-electron chi connectivity index (χ1n) is 12.0. The molecule has 6 heteroatoms. The van der Waals surface area contributed by atoms with Crippen molar-refractivity contribution in [3.8, 4) is 0 Å². The molecule has 6 nitrogen and oxygen atoms in total. The van der Waals surface area contributed by atoms with E-state index in [9.17, 15) is 4.79 Å². The maximum absolute atomic E-state index is 12.5. The molecule has 178 valence electrons. The number of carbonyl (C=O) groups is 1. The number of nitrogens with one attached hydrogen (secondary N) is 3. The van der Waals surface area contributed by atoms with Gasteiger partial charge in [-0.2, -0.15) is 0 Å². The van der Waals surface area contributed by atoms with Gasteiger partial charge in [-0.25, -0.2) is 4.99 Å². The van der Waals surface area contributed by atoms with E-state index in [0.717, 1.165) is 50.5 Å². The molecule has 1 saturated heterocycles. The van der Waals surface area contributed by atoms with Gasteiger partial charge in [-0.3, -0.25) is 9.69 Å². The molecule has 2 aromatic carbocycles. The van der Waals surface area contributed by atoms with Gasteiger partial charge < -0.3 is 16.0 Å². The van der Waals surface area contributed by atoms with Crippen LogP contribution in [0.1, 0.15) is 62.0 Å². The van der Waals surface area contributed by atoms with Crippen LogP contribution in [0.15, 0.2) is 59.6 Å². The van der Waals surface area contributed by atoms with Crippen molar-refractivity contribution >= 4 is 11.9 Å². The van der Waals surface area contributed by atoms with Gasteiger partial charge in [0.15, 0.2) is 5.96 Å². The van der Waals surface area contributed by atoms with Gasteiger partial charge in [-0.05, 0) is 63.8 Å². The van der Waals surface area contributed by atoms with Crippen molar-refractivity contribution in [2.75, 3.05) is 19.6 Å². The minimum Gasteiger partial charge on any atom is -0.357 e. The highest BCUT2D eigenvalue weighted by atomic mass is 16.1. The second-order valence-electron chi connectivity index (χ2n) is 9.78. The molecule has 1 aliphatic rings. The number of likely N-dealkylation sites (tertiary alicyclic amines) is 1. The topological polar surface area (TPSA) is 68.8 Å². The Bertz CT molecular complexity index is 912. The Labute approximate surface area is 198 Å². The number of piperidine rings is 1. The number of rotatable bonds is 7. The molecule has 0 aromatic heterocycles. The van der Waals surface area contributed by atoms with Crippen molar-refractivity contribution in [2.24, 2.45) is 4.99 Å². The third-order valence-electron chi connectivity index (χ3n) is 5.62. The Morgan fingerprint density at radius 1 is 1.03 bits per heavy atom. The van der Waals surface area contributed by atoms with E-state index in [2.05, 4.69) is 58.1 Å². The van der Waals surface area contributed by atoms with Gasteiger partial charge in [0.2, 0.25) is 0 Å². The molecule has 3 rings (SSSR count). The van der Waals surface area contributed by atoms with E-state index >= 15 is 0 Å². The predicted molar refractivity (Wildman–Crippen MR) is 136 cm³/mol. The second-order valence-corrected chi connectivity index (χ2v) is 9.78. The number of carbonyl (C=O) groups excluding carboxylic acids is 1. The summed E-state index contributed by atoms with van der Waals surface area (Å²) in [5, 5.41) is 10.00. The van der Waals surface area contributed by atoms with Gasteiger partial charge in [-0.15, -0.1) is 0 Å². The summed E-state index contributed by atoms with van der Waals surface area (Å²) in [5.41, 5.74) is 2.80. The number of hydrogen-bond acceptors (Lipinski definition) is 3. The third kappa shape index (κ3) is 8.54. The van der Waals surface area contributed by atoms with E-state index in [1.807, 2.05) is 45.0 Å². The number of hydrogen-bond donors (Lipinski definition) is 3. The largest absolute Gasteiger partial charge is 0.357 e. The summed E-state index contributed by atoms with van der Waals surface area (Å²) in [6, 6.07) is 18.8. The first kappa shape index (κ1) is 24.8. The van der Waals surface area contributed by atoms with Crippen LogP contribution in [0.2, 0.25) is 0 Å². The molecular weight excluding hydrogens is 410 g/mol. The zero-order valence-corrected chi connectivity index (χ0v) is 20.5. The molecule has 0 atom stereocenters. The molecule has 1 aliphatic heterocycles. The highest BCUT2D eigenvalue weighted by Gasteiger charge is 2.20. The van der Waals surface area contributed by atoms with Gasteiger partial charge >= 0.3 is 0 Å². The predicted octanol–water partition coefficient (Wildman–Crippen LogP) is 3.93. The normalized spacial score (nSPS) is 15.8. The third-order valence-corrected chi connectivity index (χ3v) is 5.62. The molecule has 2 aromatic rings. The Hall–Kier alpha value is -2.86. The van der Waals surface area contributed by atoms with Crippen LogP contribution in [-0.4, -0.2) is 48.0 Å². The lowest BCUT2D eigenvalue weighted by Crippen LogP contribution is -2.48. The minimum absolute atomic E-state index is 0.0550. The molecule has 1 fully saturated rings. The molecule has 0 saturated carbocycles. The Morgan fingerprint density at radius 2 is 1.73 bits per heavy atom.